The molecule has 0 saturated heterocycles. The van der Waals surface area contributed by atoms with Crippen LogP contribution in [0.25, 0.3) is 11.0 Å². The number of benzene rings is 1. The number of fused-ring (bicyclic) bond motifs is 1. The number of methoxy groups -OCH3 is 1. The van der Waals surface area contributed by atoms with Crippen molar-refractivity contribution < 1.29 is 4.74 Å². The van der Waals surface area contributed by atoms with Crippen molar-refractivity contribution in [3.8, 4) is 0 Å². The molecule has 16 heavy (non-hydrogen) atoms. The molecule has 0 aliphatic rings. The van der Waals surface area contributed by atoms with E-state index in [-0.39, 0.29) is 6.04 Å². The van der Waals surface area contributed by atoms with Gasteiger partial charge in [-0.2, -0.15) is 0 Å². The molecule has 1 unspecified atom stereocenters. The maximum absolute atomic E-state index is 5.93. The van der Waals surface area contributed by atoms with Crippen molar-refractivity contribution in [3.05, 3.63) is 29.1 Å². The van der Waals surface area contributed by atoms with E-state index >= 15 is 0 Å². The lowest BCUT2D eigenvalue weighted by Crippen LogP contribution is -2.17. The third kappa shape index (κ3) is 1.94. The quantitative estimate of drug-likeness (QED) is 0.827. The topological polar surface area (TPSA) is 63.9 Å². The van der Waals surface area contributed by atoms with Gasteiger partial charge in [-0.15, -0.1) is 0 Å². The maximum Gasteiger partial charge on any atom is 0.126 e. The molecule has 0 saturated carbocycles. The van der Waals surface area contributed by atoms with Crippen LogP contribution in [-0.2, 0) is 4.74 Å². The number of aryl methyl sites for hydroxylation is 2. The third-order valence-electron chi connectivity index (χ3n) is 2.81. The van der Waals surface area contributed by atoms with E-state index in [1.807, 2.05) is 0 Å². The number of aromatic nitrogens is 2. The molecule has 4 nitrogen and oxygen atoms in total. The van der Waals surface area contributed by atoms with Crippen LogP contribution in [0, 0.1) is 13.8 Å². The van der Waals surface area contributed by atoms with Gasteiger partial charge in [-0.3, -0.25) is 0 Å². The van der Waals surface area contributed by atoms with Crippen LogP contribution in [0.1, 0.15) is 23.0 Å². The number of hydrogen-bond donors (Lipinski definition) is 2. The van der Waals surface area contributed by atoms with Crippen LogP contribution in [0.4, 0.5) is 0 Å². The molecule has 0 aliphatic heterocycles. The molecule has 2 aromatic rings. The second-order valence-corrected chi connectivity index (χ2v) is 4.14. The lowest BCUT2D eigenvalue weighted by Gasteiger charge is -2.05. The highest BCUT2D eigenvalue weighted by Gasteiger charge is 2.11. The minimum atomic E-state index is -0.196. The lowest BCUT2D eigenvalue weighted by molar-refractivity contribution is 0.178. The molecule has 1 aromatic heterocycles. The first kappa shape index (κ1) is 11.1. The number of nitrogens with zero attached hydrogens (tertiary/aromatic N) is 1. The van der Waals surface area contributed by atoms with E-state index in [0.29, 0.717) is 6.61 Å². The number of H-pyrrole nitrogens is 1. The zero-order valence-electron chi connectivity index (χ0n) is 9.87. The number of rotatable bonds is 3. The van der Waals surface area contributed by atoms with E-state index in [4.69, 9.17) is 10.5 Å². The van der Waals surface area contributed by atoms with Crippen molar-refractivity contribution in [1.29, 1.82) is 0 Å². The fourth-order valence-electron chi connectivity index (χ4n) is 1.72. The second kappa shape index (κ2) is 4.23. The summed E-state index contributed by atoms with van der Waals surface area (Å²) in [6.45, 7) is 4.64. The molecule has 0 bridgehead atoms. The highest BCUT2D eigenvalue weighted by atomic mass is 16.5. The van der Waals surface area contributed by atoms with Crippen molar-refractivity contribution in [2.75, 3.05) is 13.7 Å². The van der Waals surface area contributed by atoms with Gasteiger partial charge in [0.1, 0.15) is 5.82 Å². The summed E-state index contributed by atoms with van der Waals surface area (Å²) < 4.78 is 5.02. The summed E-state index contributed by atoms with van der Waals surface area (Å²) in [5.74, 6) is 0.779. The number of imidazole rings is 1. The van der Waals surface area contributed by atoms with E-state index < -0.39 is 0 Å². The Bertz CT molecular complexity index is 465. The normalized spacial score (nSPS) is 13.2. The summed E-state index contributed by atoms with van der Waals surface area (Å²) in [5.41, 5.74) is 10.4. The molecule has 2 rings (SSSR count). The number of nitrogens with one attached hydrogen (secondary N) is 1. The second-order valence-electron chi connectivity index (χ2n) is 4.14. The van der Waals surface area contributed by atoms with E-state index in [0.717, 1.165) is 16.9 Å². The predicted octanol–water partition coefficient (Wildman–Crippen LogP) is 1.83. The molecule has 1 atom stereocenters. The molecular weight excluding hydrogens is 202 g/mol. The van der Waals surface area contributed by atoms with E-state index in [1.54, 1.807) is 7.11 Å². The van der Waals surface area contributed by atoms with Gasteiger partial charge in [0.2, 0.25) is 0 Å². The monoisotopic (exact) mass is 219 g/mol. The number of ether oxygens (including phenoxy) is 1. The molecule has 0 radical (unpaired) electrons. The van der Waals surface area contributed by atoms with Gasteiger partial charge in [-0.25, -0.2) is 4.98 Å². The Morgan fingerprint density at radius 1 is 1.38 bits per heavy atom. The highest BCUT2D eigenvalue weighted by molar-refractivity contribution is 5.77. The van der Waals surface area contributed by atoms with Crippen molar-refractivity contribution in [2.24, 2.45) is 5.73 Å². The van der Waals surface area contributed by atoms with Gasteiger partial charge in [0.15, 0.2) is 0 Å². The number of aromatic amines is 1. The van der Waals surface area contributed by atoms with E-state index in [2.05, 4.69) is 35.9 Å². The first-order valence-corrected chi connectivity index (χ1v) is 5.33. The van der Waals surface area contributed by atoms with Gasteiger partial charge in [-0.1, -0.05) is 0 Å². The number of nitrogens with two attached hydrogens (primary N) is 1. The molecule has 1 heterocycles. The fraction of sp³-hybridized carbons (Fsp3) is 0.417. The summed E-state index contributed by atoms with van der Waals surface area (Å²) in [5, 5.41) is 0. The average molecular weight is 219 g/mol. The standard InChI is InChI=1S/C12H17N3O/c1-7-4-10-11(5-8(7)2)15-12(14-10)9(13)6-16-3/h4-5,9H,6,13H2,1-3H3,(H,14,15). The van der Waals surface area contributed by atoms with Crippen LogP contribution in [0.3, 0.4) is 0 Å². The Morgan fingerprint density at radius 2 is 2.06 bits per heavy atom. The van der Waals surface area contributed by atoms with Gasteiger partial charge < -0.3 is 15.5 Å². The zero-order valence-corrected chi connectivity index (χ0v) is 9.87. The third-order valence-corrected chi connectivity index (χ3v) is 2.81. The summed E-state index contributed by atoms with van der Waals surface area (Å²) in [6.07, 6.45) is 0. The predicted molar refractivity (Wildman–Crippen MR) is 64.4 cm³/mol. The Morgan fingerprint density at radius 3 is 2.75 bits per heavy atom. The van der Waals surface area contributed by atoms with Crippen molar-refractivity contribution in [3.63, 3.8) is 0 Å². The SMILES string of the molecule is COCC(N)c1nc2cc(C)c(C)cc2[nH]1. The summed E-state index contributed by atoms with van der Waals surface area (Å²) in [4.78, 5) is 7.70. The molecule has 1 aromatic carbocycles. The lowest BCUT2D eigenvalue weighted by atomic mass is 10.1. The molecule has 0 spiro atoms. The smallest absolute Gasteiger partial charge is 0.126 e. The largest absolute Gasteiger partial charge is 0.383 e. The van der Waals surface area contributed by atoms with Crippen LogP contribution < -0.4 is 5.73 Å². The molecule has 3 N–H and O–H groups in total. The van der Waals surface area contributed by atoms with Crippen LogP contribution in [0.15, 0.2) is 12.1 Å². The van der Waals surface area contributed by atoms with Crippen molar-refractivity contribution in [2.45, 2.75) is 19.9 Å². The summed E-state index contributed by atoms with van der Waals surface area (Å²) in [7, 11) is 1.64. The Balaban J connectivity index is 2.43. The summed E-state index contributed by atoms with van der Waals surface area (Å²) >= 11 is 0. The first-order valence-electron chi connectivity index (χ1n) is 5.33. The van der Waals surface area contributed by atoms with Crippen LogP contribution in [0.2, 0.25) is 0 Å². The van der Waals surface area contributed by atoms with Gasteiger partial charge in [0.25, 0.3) is 0 Å². The molecule has 4 heteroatoms. The van der Waals surface area contributed by atoms with Crippen molar-refractivity contribution >= 4 is 11.0 Å². The Hall–Kier alpha value is -1.39. The van der Waals surface area contributed by atoms with E-state index in [9.17, 15) is 0 Å². The molecular formula is C12H17N3O. The van der Waals surface area contributed by atoms with Gasteiger partial charge in [0.05, 0.1) is 23.7 Å². The van der Waals surface area contributed by atoms with Gasteiger partial charge in [0, 0.05) is 7.11 Å². The minimum Gasteiger partial charge on any atom is -0.383 e. The molecule has 0 amide bonds. The van der Waals surface area contributed by atoms with Crippen molar-refractivity contribution in [1.82, 2.24) is 9.97 Å². The molecule has 86 valence electrons. The first-order chi connectivity index (χ1) is 7.61. The van der Waals surface area contributed by atoms with Crippen LogP contribution in [0.5, 0.6) is 0 Å². The summed E-state index contributed by atoms with van der Waals surface area (Å²) in [6, 6.07) is 3.98. The highest BCUT2D eigenvalue weighted by Crippen LogP contribution is 2.19. The average Bonchev–Trinajstić information content (AvgIpc) is 2.62. The number of hydrogen-bond acceptors (Lipinski definition) is 3. The van der Waals surface area contributed by atoms with Gasteiger partial charge >= 0.3 is 0 Å². The fourth-order valence-corrected chi connectivity index (χ4v) is 1.72. The Labute approximate surface area is 94.8 Å². The zero-order chi connectivity index (χ0) is 11.7. The Kier molecular flexibility index (Phi) is 2.94. The molecule has 0 fully saturated rings. The van der Waals surface area contributed by atoms with Crippen LogP contribution >= 0.6 is 0 Å². The maximum atomic E-state index is 5.93. The minimum absolute atomic E-state index is 0.196. The van der Waals surface area contributed by atoms with Crippen LogP contribution in [-0.4, -0.2) is 23.7 Å². The van der Waals surface area contributed by atoms with E-state index in [1.165, 1.54) is 11.1 Å². The molecule has 0 aliphatic carbocycles. The van der Waals surface area contributed by atoms with Gasteiger partial charge in [-0.05, 0) is 37.1 Å².